The van der Waals surface area contributed by atoms with Gasteiger partial charge in [0.25, 0.3) is 0 Å². The minimum atomic E-state index is -4.83. The summed E-state index contributed by atoms with van der Waals surface area (Å²) in [6.07, 6.45) is 0. The normalized spacial score (nSPS) is 12.0. The average Bonchev–Trinajstić information content (AvgIpc) is 2.35. The Morgan fingerprint density at radius 3 is 2.58 bits per heavy atom. The van der Waals surface area contributed by atoms with Gasteiger partial charge in [0.1, 0.15) is 0 Å². The first-order valence-corrected chi connectivity index (χ1v) is 4.18. The van der Waals surface area contributed by atoms with E-state index in [1.54, 1.807) is 0 Å². The number of halogens is 3. The van der Waals surface area contributed by atoms with E-state index in [0.717, 1.165) is 17.4 Å². The molecule has 0 saturated carbocycles. The van der Waals surface area contributed by atoms with Gasteiger partial charge in [0.15, 0.2) is 0 Å². The van der Waals surface area contributed by atoms with E-state index in [9.17, 15) is 12.9 Å². The second-order valence-corrected chi connectivity index (χ2v) is 3.31. The maximum atomic E-state index is 12.1. The summed E-state index contributed by atoms with van der Waals surface area (Å²) in [6.45, 7) is -4.60. The largest absolute Gasteiger partial charge is 0.519 e. The van der Waals surface area contributed by atoms with Gasteiger partial charge < -0.3 is 17.7 Å². The Bertz CT molecular complexity index is 258. The lowest BCUT2D eigenvalue weighted by molar-refractivity contribution is 0.185. The highest BCUT2D eigenvalue weighted by Crippen LogP contribution is 2.15. The number of hydrogen-bond donors (Lipinski definition) is 0. The molecule has 0 aliphatic rings. The monoisotopic (exact) mass is 195 g/mol. The SMILES string of the molecule is COCc1csc([B-](F)(F)F)c1. The smallest absolute Gasteiger partial charge is 0.444 e. The zero-order valence-corrected chi connectivity index (χ0v) is 7.21. The van der Waals surface area contributed by atoms with E-state index in [2.05, 4.69) is 0 Å². The summed E-state index contributed by atoms with van der Waals surface area (Å²) in [5, 5.41) is 1.47. The Morgan fingerprint density at radius 1 is 1.50 bits per heavy atom. The topological polar surface area (TPSA) is 9.23 Å². The molecule has 0 unspecified atom stereocenters. The Labute approximate surface area is 72.2 Å². The Morgan fingerprint density at radius 2 is 2.17 bits per heavy atom. The highest BCUT2D eigenvalue weighted by Gasteiger charge is 2.27. The molecule has 1 rings (SSSR count). The minimum Gasteiger partial charge on any atom is -0.444 e. The molecular formula is C6H7BF3OS-. The lowest BCUT2D eigenvalue weighted by Crippen LogP contribution is -2.30. The molecule has 0 fully saturated rings. The van der Waals surface area contributed by atoms with Gasteiger partial charge in [0.05, 0.1) is 6.61 Å². The van der Waals surface area contributed by atoms with Crippen molar-refractivity contribution >= 4 is 23.1 Å². The highest BCUT2D eigenvalue weighted by atomic mass is 32.1. The Kier molecular flexibility index (Phi) is 2.79. The van der Waals surface area contributed by atoms with Crippen molar-refractivity contribution in [2.75, 3.05) is 7.11 Å². The van der Waals surface area contributed by atoms with Crippen LogP contribution in [0.15, 0.2) is 11.4 Å². The van der Waals surface area contributed by atoms with Gasteiger partial charge in [-0.25, -0.2) is 0 Å². The second-order valence-electron chi connectivity index (χ2n) is 2.37. The van der Waals surface area contributed by atoms with Crippen LogP contribution in [0.2, 0.25) is 0 Å². The third-order valence-electron chi connectivity index (χ3n) is 1.31. The molecule has 0 aliphatic carbocycles. The van der Waals surface area contributed by atoms with Crippen molar-refractivity contribution < 1.29 is 17.7 Å². The summed E-state index contributed by atoms with van der Waals surface area (Å²) in [7, 11) is 1.45. The van der Waals surface area contributed by atoms with Gasteiger partial charge in [-0.3, -0.25) is 0 Å². The molecule has 1 nitrogen and oxygen atoms in total. The summed E-state index contributed by atoms with van der Waals surface area (Å²) in [5.74, 6) is 0. The van der Waals surface area contributed by atoms with Gasteiger partial charge in [-0.05, 0) is 10.9 Å². The van der Waals surface area contributed by atoms with Crippen LogP contribution >= 0.6 is 11.3 Å². The van der Waals surface area contributed by atoms with Crippen LogP contribution in [-0.2, 0) is 11.3 Å². The first-order chi connectivity index (χ1) is 5.54. The molecule has 1 aromatic heterocycles. The molecule has 1 heterocycles. The van der Waals surface area contributed by atoms with E-state index in [1.165, 1.54) is 12.5 Å². The van der Waals surface area contributed by atoms with Crippen LogP contribution in [0.1, 0.15) is 5.56 Å². The van der Waals surface area contributed by atoms with Crippen LogP contribution < -0.4 is 4.78 Å². The predicted molar refractivity (Wildman–Crippen MR) is 43.7 cm³/mol. The van der Waals surface area contributed by atoms with E-state index in [4.69, 9.17) is 4.74 Å². The van der Waals surface area contributed by atoms with Gasteiger partial charge >= 0.3 is 6.98 Å². The fourth-order valence-electron chi connectivity index (χ4n) is 0.808. The summed E-state index contributed by atoms with van der Waals surface area (Å²) >= 11 is 0.719. The predicted octanol–water partition coefficient (Wildman–Crippen LogP) is 1.95. The molecule has 0 atom stereocenters. The number of methoxy groups -OCH3 is 1. The van der Waals surface area contributed by atoms with Crippen LogP contribution in [0.5, 0.6) is 0 Å². The molecule has 6 heteroatoms. The van der Waals surface area contributed by atoms with Crippen LogP contribution in [0, 0.1) is 0 Å². The van der Waals surface area contributed by atoms with Gasteiger partial charge in [-0.2, -0.15) is 11.3 Å². The van der Waals surface area contributed by atoms with E-state index in [1.807, 2.05) is 0 Å². The highest BCUT2D eigenvalue weighted by molar-refractivity contribution is 7.22. The first kappa shape index (κ1) is 9.60. The summed E-state index contributed by atoms with van der Waals surface area (Å²) in [4.78, 5) is 0. The van der Waals surface area contributed by atoms with Crippen LogP contribution in [0.3, 0.4) is 0 Å². The van der Waals surface area contributed by atoms with Crippen LogP contribution in [0.25, 0.3) is 0 Å². The van der Waals surface area contributed by atoms with Crippen molar-refractivity contribution in [3.63, 3.8) is 0 Å². The van der Waals surface area contributed by atoms with Crippen molar-refractivity contribution in [2.45, 2.75) is 6.61 Å². The zero-order valence-electron chi connectivity index (χ0n) is 6.39. The quantitative estimate of drug-likeness (QED) is 0.669. The Hall–Kier alpha value is -0.485. The molecule has 12 heavy (non-hydrogen) atoms. The molecule has 0 N–H and O–H groups in total. The van der Waals surface area contributed by atoms with E-state index in [0.29, 0.717) is 5.56 Å². The standard InChI is InChI=1S/C6H7BF3OS/c1-11-3-5-2-6(12-4-5)7(8,9)10/h2,4H,3H2,1H3/q-1. The second kappa shape index (κ2) is 3.49. The molecule has 0 amide bonds. The van der Waals surface area contributed by atoms with Crippen LogP contribution in [0.4, 0.5) is 12.9 Å². The molecule has 68 valence electrons. The third-order valence-corrected chi connectivity index (χ3v) is 2.39. The molecule has 0 bridgehead atoms. The third kappa shape index (κ3) is 2.25. The average molecular weight is 195 g/mol. The maximum absolute atomic E-state index is 12.1. The van der Waals surface area contributed by atoms with E-state index >= 15 is 0 Å². The number of ether oxygens (including phenoxy) is 1. The van der Waals surface area contributed by atoms with Crippen molar-refractivity contribution in [1.29, 1.82) is 0 Å². The van der Waals surface area contributed by atoms with Crippen molar-refractivity contribution in [3.8, 4) is 0 Å². The van der Waals surface area contributed by atoms with Gasteiger partial charge in [0, 0.05) is 7.11 Å². The van der Waals surface area contributed by atoms with Gasteiger partial charge in [-0.1, -0.05) is 10.8 Å². The summed E-state index contributed by atoms with van der Waals surface area (Å²) in [6, 6.07) is 1.13. The number of rotatable bonds is 3. The van der Waals surface area contributed by atoms with E-state index in [-0.39, 0.29) is 6.61 Å². The molecule has 0 saturated heterocycles. The minimum absolute atomic E-state index is 0.239. The van der Waals surface area contributed by atoms with Gasteiger partial charge in [0.2, 0.25) is 0 Å². The maximum Gasteiger partial charge on any atom is 0.519 e. The summed E-state index contributed by atoms with van der Waals surface area (Å²) in [5.41, 5.74) is 0.580. The molecule has 0 radical (unpaired) electrons. The zero-order chi connectivity index (χ0) is 9.19. The van der Waals surface area contributed by atoms with Crippen LogP contribution in [-0.4, -0.2) is 14.1 Å². The first-order valence-electron chi connectivity index (χ1n) is 3.30. The van der Waals surface area contributed by atoms with Crippen molar-refractivity contribution in [3.05, 3.63) is 17.0 Å². The molecular weight excluding hydrogens is 188 g/mol. The lowest BCUT2D eigenvalue weighted by atomic mass is 9.89. The fourth-order valence-corrected chi connectivity index (χ4v) is 1.61. The lowest BCUT2D eigenvalue weighted by Gasteiger charge is -2.09. The number of thiophene rings is 1. The Balaban J connectivity index is 2.77. The van der Waals surface area contributed by atoms with E-state index < -0.39 is 11.8 Å². The van der Waals surface area contributed by atoms with Gasteiger partial charge in [-0.15, -0.1) is 0 Å². The molecule has 0 spiro atoms. The molecule has 0 aromatic carbocycles. The molecule has 0 aliphatic heterocycles. The molecule has 1 aromatic rings. The fraction of sp³-hybridized carbons (Fsp3) is 0.333. The summed E-state index contributed by atoms with van der Waals surface area (Å²) < 4.78 is 40.4. The number of hydrogen-bond acceptors (Lipinski definition) is 2. The van der Waals surface area contributed by atoms with Crippen molar-refractivity contribution in [2.24, 2.45) is 0 Å². The van der Waals surface area contributed by atoms with Crippen molar-refractivity contribution in [1.82, 2.24) is 0 Å².